The fraction of sp³-hybridized carbons (Fsp3) is 0.852. The van der Waals surface area contributed by atoms with Gasteiger partial charge in [-0.1, -0.05) is 53.2 Å². The van der Waals surface area contributed by atoms with Gasteiger partial charge >= 0.3 is 0 Å². The highest BCUT2D eigenvalue weighted by atomic mass is 16.1. The fourth-order valence-electron chi connectivity index (χ4n) is 9.98. The van der Waals surface area contributed by atoms with Crippen LogP contribution in [-0.4, -0.2) is 11.6 Å². The lowest BCUT2D eigenvalue weighted by Gasteiger charge is -2.63. The summed E-state index contributed by atoms with van der Waals surface area (Å²) in [7, 11) is 0. The van der Waals surface area contributed by atoms with Crippen molar-refractivity contribution in [3.63, 3.8) is 0 Å². The second kappa shape index (κ2) is 5.86. The minimum atomic E-state index is -0.193. The van der Waals surface area contributed by atoms with Crippen LogP contribution < -0.4 is 0 Å². The lowest BCUT2D eigenvalue weighted by Crippen LogP contribution is -2.57. The third kappa shape index (κ3) is 2.30. The molecule has 0 bridgehead atoms. The van der Waals surface area contributed by atoms with E-state index in [9.17, 15) is 9.59 Å². The zero-order chi connectivity index (χ0) is 21.0. The summed E-state index contributed by atoms with van der Waals surface area (Å²) < 4.78 is 0. The zero-order valence-corrected chi connectivity index (χ0v) is 19.4. The minimum Gasteiger partial charge on any atom is -0.300 e. The van der Waals surface area contributed by atoms with E-state index in [-0.39, 0.29) is 16.2 Å². The summed E-state index contributed by atoms with van der Waals surface area (Å²) in [4.78, 5) is 25.2. The van der Waals surface area contributed by atoms with Gasteiger partial charge in [0.2, 0.25) is 0 Å². The lowest BCUT2D eigenvalue weighted by molar-refractivity contribution is -0.146. The maximum atomic E-state index is 12.8. The van der Waals surface area contributed by atoms with E-state index in [4.69, 9.17) is 0 Å². The molecule has 0 heterocycles. The molecule has 0 aromatic carbocycles. The first-order chi connectivity index (χ1) is 13.4. The average Bonchev–Trinajstić information content (AvgIpc) is 2.86. The molecule has 0 radical (unpaired) electrons. The molecule has 29 heavy (non-hydrogen) atoms. The largest absolute Gasteiger partial charge is 0.300 e. The quantitative estimate of drug-likeness (QED) is 0.445. The summed E-state index contributed by atoms with van der Waals surface area (Å²) in [6.07, 6.45) is 10.9. The Hall–Kier alpha value is -0.920. The number of carbonyl (C=O) groups is 2. The highest BCUT2D eigenvalue weighted by Crippen LogP contribution is 2.75. The van der Waals surface area contributed by atoms with Crippen molar-refractivity contribution in [1.29, 1.82) is 0 Å². The summed E-state index contributed by atoms with van der Waals surface area (Å²) in [6.45, 7) is 14.4. The summed E-state index contributed by atoms with van der Waals surface area (Å²) in [5.41, 5.74) is 2.33. The Labute approximate surface area is 177 Å². The number of ketones is 2. The number of rotatable bonds is 0. The van der Waals surface area contributed by atoms with E-state index >= 15 is 0 Å². The van der Waals surface area contributed by atoms with E-state index < -0.39 is 0 Å². The van der Waals surface area contributed by atoms with E-state index in [0.29, 0.717) is 46.6 Å². The Morgan fingerprint density at radius 3 is 2.45 bits per heavy atom. The van der Waals surface area contributed by atoms with Gasteiger partial charge in [0, 0.05) is 24.7 Å². The number of hydrogen-bond donors (Lipinski definition) is 0. The number of Topliss-reactive ketones (excluding diaryl/α,β-unsaturated/α-hetero) is 2. The standard InChI is InChI=1S/C27H40O2/c1-16-13-18(28)14-17-15-27(6)20-7-8-21-24(2,3)22(29)10-11-25(21,4)19(20)9-12-26(27,5)23(16)17/h7,16-17,19,21,23H,8-15H2,1-6H3. The monoisotopic (exact) mass is 396 g/mol. The summed E-state index contributed by atoms with van der Waals surface area (Å²) in [5, 5.41) is 0. The van der Waals surface area contributed by atoms with Crippen molar-refractivity contribution in [3.05, 3.63) is 11.6 Å². The van der Waals surface area contributed by atoms with Gasteiger partial charge in [-0.2, -0.15) is 0 Å². The van der Waals surface area contributed by atoms with Crippen molar-refractivity contribution in [1.82, 2.24) is 0 Å². The molecule has 8 unspecified atom stereocenters. The van der Waals surface area contributed by atoms with Crippen molar-refractivity contribution in [3.8, 4) is 0 Å². The lowest BCUT2D eigenvalue weighted by atomic mass is 9.41. The first kappa shape index (κ1) is 20.0. The number of fused-ring (bicyclic) bond motifs is 7. The Bertz CT molecular complexity index is 805. The Kier molecular flexibility index (Phi) is 4.04. The predicted octanol–water partition coefficient (Wildman–Crippen LogP) is 6.39. The molecule has 0 N–H and O–H groups in total. The number of hydrogen-bond acceptors (Lipinski definition) is 2. The maximum absolute atomic E-state index is 12.8. The summed E-state index contributed by atoms with van der Waals surface area (Å²) in [6, 6.07) is 0. The van der Waals surface area contributed by atoms with Crippen molar-refractivity contribution in [2.24, 2.45) is 51.2 Å². The zero-order valence-electron chi connectivity index (χ0n) is 19.4. The molecule has 8 atom stereocenters. The molecule has 4 fully saturated rings. The van der Waals surface area contributed by atoms with Crippen LogP contribution in [0.2, 0.25) is 0 Å². The molecule has 5 rings (SSSR count). The van der Waals surface area contributed by atoms with Crippen LogP contribution in [0.1, 0.15) is 92.9 Å². The molecule has 0 amide bonds. The van der Waals surface area contributed by atoms with Crippen LogP contribution in [0.3, 0.4) is 0 Å². The van der Waals surface area contributed by atoms with Crippen LogP contribution >= 0.6 is 0 Å². The number of carbonyl (C=O) groups excluding carboxylic acids is 2. The van der Waals surface area contributed by atoms with Crippen LogP contribution in [0.5, 0.6) is 0 Å². The van der Waals surface area contributed by atoms with Gasteiger partial charge in [0.05, 0.1) is 0 Å². The van der Waals surface area contributed by atoms with E-state index in [1.54, 1.807) is 5.57 Å². The Morgan fingerprint density at radius 1 is 1.00 bits per heavy atom. The van der Waals surface area contributed by atoms with Gasteiger partial charge in [0.15, 0.2) is 0 Å². The molecule has 2 nitrogen and oxygen atoms in total. The van der Waals surface area contributed by atoms with Crippen molar-refractivity contribution in [2.45, 2.75) is 92.9 Å². The summed E-state index contributed by atoms with van der Waals surface area (Å²) in [5.74, 6) is 3.88. The molecule has 5 aliphatic carbocycles. The molecular weight excluding hydrogens is 356 g/mol. The third-order valence-corrected chi connectivity index (χ3v) is 11.4. The van der Waals surface area contributed by atoms with Crippen molar-refractivity contribution >= 4 is 11.6 Å². The van der Waals surface area contributed by atoms with Crippen LogP contribution in [0.4, 0.5) is 0 Å². The van der Waals surface area contributed by atoms with Crippen molar-refractivity contribution in [2.75, 3.05) is 0 Å². The average molecular weight is 397 g/mol. The smallest absolute Gasteiger partial charge is 0.138 e. The van der Waals surface area contributed by atoms with Crippen LogP contribution in [0.25, 0.3) is 0 Å². The molecule has 0 saturated heterocycles. The second-order valence-corrected chi connectivity index (χ2v) is 12.9. The van der Waals surface area contributed by atoms with Crippen molar-refractivity contribution < 1.29 is 9.59 Å². The molecular formula is C27H40O2. The van der Waals surface area contributed by atoms with Gasteiger partial charge in [-0.3, -0.25) is 9.59 Å². The van der Waals surface area contributed by atoms with Gasteiger partial charge in [-0.15, -0.1) is 0 Å². The fourth-order valence-corrected chi connectivity index (χ4v) is 9.98. The van der Waals surface area contributed by atoms with Gasteiger partial charge < -0.3 is 0 Å². The molecule has 160 valence electrons. The van der Waals surface area contributed by atoms with E-state index in [0.717, 1.165) is 32.1 Å². The highest BCUT2D eigenvalue weighted by molar-refractivity contribution is 5.85. The molecule has 0 aliphatic heterocycles. The normalized spacial score (nSPS) is 53.4. The van der Waals surface area contributed by atoms with Gasteiger partial charge in [-0.25, -0.2) is 0 Å². The molecule has 2 heteroatoms. The van der Waals surface area contributed by atoms with E-state index in [2.05, 4.69) is 47.6 Å². The first-order valence-electron chi connectivity index (χ1n) is 12.2. The van der Waals surface area contributed by atoms with Crippen LogP contribution in [0, 0.1) is 51.2 Å². The molecule has 0 aromatic heterocycles. The van der Waals surface area contributed by atoms with Crippen LogP contribution in [-0.2, 0) is 9.59 Å². The van der Waals surface area contributed by atoms with Gasteiger partial charge in [-0.05, 0) is 77.9 Å². The Balaban J connectivity index is 1.58. The topological polar surface area (TPSA) is 34.1 Å². The van der Waals surface area contributed by atoms with Gasteiger partial charge in [0.25, 0.3) is 0 Å². The predicted molar refractivity (Wildman–Crippen MR) is 116 cm³/mol. The molecule has 4 saturated carbocycles. The van der Waals surface area contributed by atoms with E-state index in [1.807, 2.05) is 0 Å². The highest BCUT2D eigenvalue weighted by Gasteiger charge is 2.68. The third-order valence-electron chi connectivity index (χ3n) is 11.4. The van der Waals surface area contributed by atoms with E-state index in [1.165, 1.54) is 19.3 Å². The van der Waals surface area contributed by atoms with Crippen LogP contribution in [0.15, 0.2) is 11.6 Å². The SMILES string of the molecule is CC1CC(=O)CC2CC3(C)C4=CCC5C(C)(C)C(=O)CCC5(C)C4CCC3(C)C12. The minimum absolute atomic E-state index is 0.193. The Morgan fingerprint density at radius 2 is 1.72 bits per heavy atom. The summed E-state index contributed by atoms with van der Waals surface area (Å²) >= 11 is 0. The molecule has 0 spiro atoms. The maximum Gasteiger partial charge on any atom is 0.138 e. The molecule has 5 aliphatic rings. The number of allylic oxidation sites excluding steroid dienone is 2. The first-order valence-corrected chi connectivity index (χ1v) is 12.2. The molecule has 0 aromatic rings. The second-order valence-electron chi connectivity index (χ2n) is 12.9. The van der Waals surface area contributed by atoms with Gasteiger partial charge in [0.1, 0.15) is 11.6 Å².